The van der Waals surface area contributed by atoms with Crippen LogP contribution in [0.5, 0.6) is 0 Å². The molecule has 0 radical (unpaired) electrons. The molecule has 2 heterocycles. The van der Waals surface area contributed by atoms with Gasteiger partial charge in [0.25, 0.3) is 0 Å². The largest absolute Gasteiger partial charge is 0.396 e. The summed E-state index contributed by atoms with van der Waals surface area (Å²) in [5.74, 6) is 1.71. The van der Waals surface area contributed by atoms with Gasteiger partial charge in [-0.3, -0.25) is 0 Å². The highest BCUT2D eigenvalue weighted by Crippen LogP contribution is 2.33. The first-order valence-electron chi connectivity index (χ1n) is 6.98. The average Bonchev–Trinajstić information content (AvgIpc) is 2.81. The second-order valence-electron chi connectivity index (χ2n) is 5.54. The smallest absolute Gasteiger partial charge is 0.191 e. The Balaban J connectivity index is 1.71. The molecule has 1 aliphatic rings. The van der Waals surface area contributed by atoms with E-state index in [9.17, 15) is 5.11 Å². The lowest BCUT2D eigenvalue weighted by Gasteiger charge is -2.39. The summed E-state index contributed by atoms with van der Waals surface area (Å²) in [6.07, 6.45) is 0. The van der Waals surface area contributed by atoms with E-state index in [1.807, 2.05) is 25.1 Å². The van der Waals surface area contributed by atoms with Crippen LogP contribution in [0.4, 0.5) is 0 Å². The van der Waals surface area contributed by atoms with E-state index in [1.54, 1.807) is 11.8 Å². The molecule has 1 N–H and O–H groups in total. The molecule has 0 bridgehead atoms. The van der Waals surface area contributed by atoms with Gasteiger partial charge in [-0.15, -0.1) is 10.2 Å². The van der Waals surface area contributed by atoms with Crippen molar-refractivity contribution in [1.29, 1.82) is 0 Å². The van der Waals surface area contributed by atoms with Gasteiger partial charge in [-0.05, 0) is 12.5 Å². The SMILES string of the molecule is Cc1nnc(SCC2(CO)COC2)n1Cc1ccccc1. The number of hydrogen-bond donors (Lipinski definition) is 1. The number of nitrogens with zero attached hydrogens (tertiary/aromatic N) is 3. The number of benzene rings is 1. The third-order valence-corrected chi connectivity index (χ3v) is 5.06. The van der Waals surface area contributed by atoms with Gasteiger partial charge in [0.1, 0.15) is 5.82 Å². The van der Waals surface area contributed by atoms with Gasteiger partial charge in [-0.25, -0.2) is 0 Å². The van der Waals surface area contributed by atoms with E-state index in [4.69, 9.17) is 4.74 Å². The van der Waals surface area contributed by atoms with Crippen molar-refractivity contribution >= 4 is 11.8 Å². The molecule has 1 aliphatic heterocycles. The van der Waals surface area contributed by atoms with Crippen LogP contribution < -0.4 is 0 Å². The molecule has 1 aromatic heterocycles. The Morgan fingerprint density at radius 1 is 1.29 bits per heavy atom. The fourth-order valence-corrected chi connectivity index (χ4v) is 3.39. The number of aliphatic hydroxyl groups excluding tert-OH is 1. The van der Waals surface area contributed by atoms with Gasteiger partial charge in [0, 0.05) is 11.2 Å². The van der Waals surface area contributed by atoms with Crippen LogP contribution in [0.3, 0.4) is 0 Å². The summed E-state index contributed by atoms with van der Waals surface area (Å²) < 4.78 is 7.35. The lowest BCUT2D eigenvalue weighted by Crippen LogP contribution is -2.47. The molecule has 2 aromatic rings. The summed E-state index contributed by atoms with van der Waals surface area (Å²) >= 11 is 1.64. The zero-order chi connectivity index (χ0) is 14.7. The lowest BCUT2D eigenvalue weighted by molar-refractivity contribution is -0.121. The molecule has 1 fully saturated rings. The van der Waals surface area contributed by atoms with Crippen LogP contribution >= 0.6 is 11.8 Å². The standard InChI is InChI=1S/C15H19N3O2S/c1-12-16-17-14(21-11-15(8-19)9-20-10-15)18(12)7-13-5-3-2-4-6-13/h2-6,19H,7-11H2,1H3. The first-order chi connectivity index (χ1) is 10.2. The third kappa shape index (κ3) is 3.12. The quantitative estimate of drug-likeness (QED) is 0.824. The predicted octanol–water partition coefficient (Wildman–Crippen LogP) is 1.74. The molecule has 0 atom stereocenters. The molecule has 0 amide bonds. The van der Waals surface area contributed by atoms with E-state index in [2.05, 4.69) is 26.9 Å². The van der Waals surface area contributed by atoms with Crippen LogP contribution in [0.15, 0.2) is 35.5 Å². The minimum atomic E-state index is -0.109. The molecule has 1 aromatic carbocycles. The minimum absolute atomic E-state index is 0.109. The highest BCUT2D eigenvalue weighted by atomic mass is 32.2. The Bertz CT molecular complexity index is 591. The van der Waals surface area contributed by atoms with Crippen LogP contribution in [0, 0.1) is 12.3 Å². The van der Waals surface area contributed by atoms with Gasteiger partial charge in [0.05, 0.1) is 26.4 Å². The predicted molar refractivity (Wildman–Crippen MR) is 81.4 cm³/mol. The van der Waals surface area contributed by atoms with Crippen LogP contribution in [0.1, 0.15) is 11.4 Å². The number of hydrogen-bond acceptors (Lipinski definition) is 5. The summed E-state index contributed by atoms with van der Waals surface area (Å²) in [5.41, 5.74) is 1.12. The molecule has 1 saturated heterocycles. The van der Waals surface area contributed by atoms with E-state index < -0.39 is 0 Å². The molecule has 0 unspecified atom stereocenters. The zero-order valence-electron chi connectivity index (χ0n) is 12.0. The Kier molecular flexibility index (Phi) is 4.28. The maximum Gasteiger partial charge on any atom is 0.191 e. The Hall–Kier alpha value is -1.37. The van der Waals surface area contributed by atoms with E-state index in [1.165, 1.54) is 5.56 Å². The molecule has 5 nitrogen and oxygen atoms in total. The van der Waals surface area contributed by atoms with Gasteiger partial charge in [0.15, 0.2) is 5.16 Å². The summed E-state index contributed by atoms with van der Waals surface area (Å²) in [7, 11) is 0. The van der Waals surface area contributed by atoms with Crippen molar-refractivity contribution < 1.29 is 9.84 Å². The fraction of sp³-hybridized carbons (Fsp3) is 0.467. The zero-order valence-corrected chi connectivity index (χ0v) is 12.8. The van der Waals surface area contributed by atoms with Crippen LogP contribution in [-0.4, -0.2) is 45.4 Å². The molecule has 3 rings (SSSR count). The van der Waals surface area contributed by atoms with Crippen LogP contribution in [-0.2, 0) is 11.3 Å². The van der Waals surface area contributed by atoms with Gasteiger partial charge in [-0.1, -0.05) is 42.1 Å². The number of aromatic nitrogens is 3. The van der Waals surface area contributed by atoms with E-state index in [0.717, 1.165) is 23.3 Å². The summed E-state index contributed by atoms with van der Waals surface area (Å²) in [6, 6.07) is 10.3. The maximum absolute atomic E-state index is 9.49. The summed E-state index contributed by atoms with van der Waals surface area (Å²) in [4.78, 5) is 0. The van der Waals surface area contributed by atoms with Crippen molar-refractivity contribution in [3.05, 3.63) is 41.7 Å². The molecule has 112 valence electrons. The Morgan fingerprint density at radius 2 is 2.05 bits per heavy atom. The monoisotopic (exact) mass is 305 g/mol. The third-order valence-electron chi connectivity index (χ3n) is 3.74. The molecule has 21 heavy (non-hydrogen) atoms. The molecule has 0 spiro atoms. The Labute approximate surface area is 128 Å². The van der Waals surface area contributed by atoms with Crippen molar-refractivity contribution in [3.63, 3.8) is 0 Å². The highest BCUT2D eigenvalue weighted by molar-refractivity contribution is 7.99. The molecule has 0 saturated carbocycles. The van der Waals surface area contributed by atoms with E-state index in [0.29, 0.717) is 13.2 Å². The first-order valence-corrected chi connectivity index (χ1v) is 7.96. The maximum atomic E-state index is 9.49. The minimum Gasteiger partial charge on any atom is -0.396 e. The first kappa shape index (κ1) is 14.6. The number of aliphatic hydroxyl groups is 1. The lowest BCUT2D eigenvalue weighted by atomic mass is 9.90. The van der Waals surface area contributed by atoms with Gasteiger partial charge in [0.2, 0.25) is 0 Å². The second-order valence-corrected chi connectivity index (χ2v) is 6.48. The van der Waals surface area contributed by atoms with Crippen molar-refractivity contribution in [1.82, 2.24) is 14.8 Å². The number of thioether (sulfide) groups is 1. The number of ether oxygens (including phenoxy) is 1. The van der Waals surface area contributed by atoms with Crippen LogP contribution in [0.25, 0.3) is 0 Å². The normalized spacial score (nSPS) is 16.7. The number of aryl methyl sites for hydroxylation is 1. The topological polar surface area (TPSA) is 60.2 Å². The van der Waals surface area contributed by atoms with Gasteiger partial charge in [-0.2, -0.15) is 0 Å². The van der Waals surface area contributed by atoms with Crippen molar-refractivity contribution in [3.8, 4) is 0 Å². The summed E-state index contributed by atoms with van der Waals surface area (Å²) in [6.45, 7) is 4.15. The van der Waals surface area contributed by atoms with Crippen LogP contribution in [0.2, 0.25) is 0 Å². The second kappa shape index (κ2) is 6.17. The summed E-state index contributed by atoms with van der Waals surface area (Å²) in [5, 5.41) is 18.8. The van der Waals surface area contributed by atoms with E-state index in [-0.39, 0.29) is 12.0 Å². The van der Waals surface area contributed by atoms with Gasteiger partial charge < -0.3 is 14.4 Å². The van der Waals surface area contributed by atoms with E-state index >= 15 is 0 Å². The van der Waals surface area contributed by atoms with Crippen molar-refractivity contribution in [2.24, 2.45) is 5.41 Å². The highest BCUT2D eigenvalue weighted by Gasteiger charge is 2.38. The average molecular weight is 305 g/mol. The fourth-order valence-electron chi connectivity index (χ4n) is 2.24. The number of rotatable bonds is 6. The Morgan fingerprint density at radius 3 is 2.67 bits per heavy atom. The van der Waals surface area contributed by atoms with Crippen molar-refractivity contribution in [2.75, 3.05) is 25.6 Å². The molecule has 6 heteroatoms. The van der Waals surface area contributed by atoms with Gasteiger partial charge >= 0.3 is 0 Å². The molecule has 0 aliphatic carbocycles. The molecular formula is C15H19N3O2S. The molecular weight excluding hydrogens is 286 g/mol. The van der Waals surface area contributed by atoms with Crippen molar-refractivity contribution in [2.45, 2.75) is 18.6 Å².